The molecule has 0 saturated carbocycles. The van der Waals surface area contributed by atoms with Crippen LogP contribution in [0.4, 0.5) is 0 Å². The second-order valence-electron chi connectivity index (χ2n) is 3.55. The molecule has 0 fully saturated rings. The van der Waals surface area contributed by atoms with Crippen LogP contribution in [0.2, 0.25) is 0 Å². The Bertz CT molecular complexity index is 176. The van der Waals surface area contributed by atoms with E-state index in [9.17, 15) is 4.79 Å². The Hall–Kier alpha value is -0.220. The van der Waals surface area contributed by atoms with Crippen molar-refractivity contribution in [3.8, 4) is 0 Å². The van der Waals surface area contributed by atoms with Crippen molar-refractivity contribution in [1.29, 1.82) is 0 Å². The normalized spacial score (nSPS) is 14.7. The maximum absolute atomic E-state index is 11.6. The molecule has 0 aromatic rings. The maximum atomic E-state index is 11.6. The molecule has 15 heavy (non-hydrogen) atoms. The van der Waals surface area contributed by atoms with Crippen molar-refractivity contribution in [1.82, 2.24) is 0 Å². The standard InChI is InChI=1S/C11H23NO2S/c1-4-6-10(11(13)14-5-2)15-9(3)7-8-12/h9-10H,4-8,12H2,1-3H3. The minimum atomic E-state index is -0.0757. The smallest absolute Gasteiger partial charge is 0.319 e. The fourth-order valence-corrected chi connectivity index (χ4v) is 2.71. The number of hydrogen-bond donors (Lipinski definition) is 1. The molecule has 2 N–H and O–H groups in total. The number of ether oxygens (including phenoxy) is 1. The minimum absolute atomic E-state index is 0.0171. The van der Waals surface area contributed by atoms with Crippen LogP contribution in [-0.2, 0) is 9.53 Å². The highest BCUT2D eigenvalue weighted by molar-refractivity contribution is 8.01. The molecule has 2 unspecified atom stereocenters. The Morgan fingerprint density at radius 2 is 2.07 bits per heavy atom. The van der Waals surface area contributed by atoms with Gasteiger partial charge in [0.15, 0.2) is 0 Å². The van der Waals surface area contributed by atoms with Crippen molar-refractivity contribution in [2.45, 2.75) is 50.5 Å². The molecule has 0 rings (SSSR count). The quantitative estimate of drug-likeness (QED) is 0.653. The van der Waals surface area contributed by atoms with E-state index in [0.717, 1.165) is 19.3 Å². The Morgan fingerprint density at radius 3 is 2.53 bits per heavy atom. The molecule has 0 aromatic heterocycles. The van der Waals surface area contributed by atoms with Gasteiger partial charge in [-0.2, -0.15) is 0 Å². The first-order valence-electron chi connectivity index (χ1n) is 5.67. The van der Waals surface area contributed by atoms with Gasteiger partial charge in [0.2, 0.25) is 0 Å². The van der Waals surface area contributed by atoms with E-state index < -0.39 is 0 Å². The van der Waals surface area contributed by atoms with Crippen LogP contribution < -0.4 is 5.73 Å². The summed E-state index contributed by atoms with van der Waals surface area (Å²) in [7, 11) is 0. The zero-order valence-electron chi connectivity index (χ0n) is 9.99. The highest BCUT2D eigenvalue weighted by Gasteiger charge is 2.21. The molecule has 2 atom stereocenters. The second kappa shape index (κ2) is 9.04. The van der Waals surface area contributed by atoms with Gasteiger partial charge in [-0.05, 0) is 26.3 Å². The van der Waals surface area contributed by atoms with Gasteiger partial charge in [0.1, 0.15) is 5.25 Å². The molecule has 0 aromatic carbocycles. The summed E-state index contributed by atoms with van der Waals surface area (Å²) in [5, 5.41) is 0.410. The van der Waals surface area contributed by atoms with Gasteiger partial charge >= 0.3 is 5.97 Å². The van der Waals surface area contributed by atoms with Gasteiger partial charge in [-0.25, -0.2) is 0 Å². The third kappa shape index (κ3) is 6.79. The van der Waals surface area contributed by atoms with Crippen molar-refractivity contribution in [3.05, 3.63) is 0 Å². The van der Waals surface area contributed by atoms with Crippen LogP contribution in [0.5, 0.6) is 0 Å². The van der Waals surface area contributed by atoms with Crippen LogP contribution in [0.3, 0.4) is 0 Å². The summed E-state index contributed by atoms with van der Waals surface area (Å²) >= 11 is 1.69. The first kappa shape index (κ1) is 14.8. The van der Waals surface area contributed by atoms with Crippen molar-refractivity contribution in [2.24, 2.45) is 5.73 Å². The first-order valence-corrected chi connectivity index (χ1v) is 6.62. The summed E-state index contributed by atoms with van der Waals surface area (Å²) in [4.78, 5) is 11.6. The van der Waals surface area contributed by atoms with Gasteiger partial charge in [-0.1, -0.05) is 20.3 Å². The van der Waals surface area contributed by atoms with Crippen LogP contribution in [-0.4, -0.2) is 29.6 Å². The summed E-state index contributed by atoms with van der Waals surface area (Å²) in [5.74, 6) is -0.0757. The van der Waals surface area contributed by atoms with Crippen molar-refractivity contribution < 1.29 is 9.53 Å². The van der Waals surface area contributed by atoms with E-state index in [1.54, 1.807) is 11.8 Å². The average molecular weight is 233 g/mol. The fourth-order valence-electron chi connectivity index (χ4n) is 1.32. The highest BCUT2D eigenvalue weighted by atomic mass is 32.2. The van der Waals surface area contributed by atoms with E-state index in [1.807, 2.05) is 6.92 Å². The molecule has 90 valence electrons. The number of hydrogen-bond acceptors (Lipinski definition) is 4. The number of carbonyl (C=O) groups is 1. The Morgan fingerprint density at radius 1 is 1.40 bits per heavy atom. The zero-order valence-corrected chi connectivity index (χ0v) is 10.8. The summed E-state index contributed by atoms with van der Waals surface area (Å²) in [5.41, 5.74) is 5.48. The molecule has 0 saturated heterocycles. The van der Waals surface area contributed by atoms with Crippen LogP contribution in [0.1, 0.15) is 40.0 Å². The molecule has 0 aliphatic rings. The van der Waals surface area contributed by atoms with E-state index in [4.69, 9.17) is 10.5 Å². The molecule has 0 heterocycles. The molecule has 3 nitrogen and oxygen atoms in total. The molecule has 0 aliphatic heterocycles. The van der Waals surface area contributed by atoms with E-state index in [-0.39, 0.29) is 11.2 Å². The summed E-state index contributed by atoms with van der Waals surface area (Å²) in [6, 6.07) is 0. The van der Waals surface area contributed by atoms with Gasteiger partial charge in [0.05, 0.1) is 6.61 Å². The monoisotopic (exact) mass is 233 g/mol. The predicted molar refractivity (Wildman–Crippen MR) is 66.1 cm³/mol. The Kier molecular flexibility index (Phi) is 8.91. The van der Waals surface area contributed by atoms with Crippen molar-refractivity contribution in [2.75, 3.05) is 13.2 Å². The minimum Gasteiger partial charge on any atom is -0.465 e. The van der Waals surface area contributed by atoms with E-state index >= 15 is 0 Å². The number of nitrogens with two attached hydrogens (primary N) is 1. The lowest BCUT2D eigenvalue weighted by molar-refractivity contribution is -0.142. The third-order valence-corrected chi connectivity index (χ3v) is 3.53. The number of rotatable bonds is 8. The molecule has 4 heteroatoms. The SMILES string of the molecule is CCCC(SC(C)CCN)C(=O)OCC. The fraction of sp³-hybridized carbons (Fsp3) is 0.909. The van der Waals surface area contributed by atoms with Gasteiger partial charge in [-0.15, -0.1) is 11.8 Å². The lowest BCUT2D eigenvalue weighted by Crippen LogP contribution is -2.23. The topological polar surface area (TPSA) is 52.3 Å². The number of esters is 1. The number of thioether (sulfide) groups is 1. The van der Waals surface area contributed by atoms with Crippen LogP contribution in [0.15, 0.2) is 0 Å². The summed E-state index contributed by atoms with van der Waals surface area (Å²) in [6.07, 6.45) is 2.84. The zero-order chi connectivity index (χ0) is 11.7. The maximum Gasteiger partial charge on any atom is 0.319 e. The van der Waals surface area contributed by atoms with Gasteiger partial charge in [-0.3, -0.25) is 4.79 Å². The van der Waals surface area contributed by atoms with E-state index in [0.29, 0.717) is 18.4 Å². The number of carbonyl (C=O) groups excluding carboxylic acids is 1. The Labute approximate surface area is 97.1 Å². The molecule has 0 bridgehead atoms. The average Bonchev–Trinajstić information content (AvgIpc) is 2.18. The van der Waals surface area contributed by atoms with E-state index in [1.165, 1.54) is 0 Å². The highest BCUT2D eigenvalue weighted by Crippen LogP contribution is 2.24. The second-order valence-corrected chi connectivity index (χ2v) is 5.20. The van der Waals surface area contributed by atoms with Gasteiger partial charge in [0, 0.05) is 5.25 Å². The van der Waals surface area contributed by atoms with Crippen molar-refractivity contribution >= 4 is 17.7 Å². The molecular formula is C11H23NO2S. The molecule has 0 spiro atoms. The molecule has 0 radical (unpaired) electrons. The van der Waals surface area contributed by atoms with Crippen LogP contribution >= 0.6 is 11.8 Å². The molecular weight excluding hydrogens is 210 g/mol. The summed E-state index contributed by atoms with van der Waals surface area (Å²) < 4.78 is 5.04. The van der Waals surface area contributed by atoms with Crippen LogP contribution in [0.25, 0.3) is 0 Å². The molecule has 0 amide bonds. The lowest BCUT2D eigenvalue weighted by Gasteiger charge is -2.18. The molecule has 0 aliphatic carbocycles. The third-order valence-electron chi connectivity index (χ3n) is 2.07. The van der Waals surface area contributed by atoms with Crippen LogP contribution in [0, 0.1) is 0 Å². The van der Waals surface area contributed by atoms with E-state index in [2.05, 4.69) is 13.8 Å². The first-order chi connectivity index (χ1) is 7.15. The predicted octanol–water partition coefficient (Wildman–Crippen LogP) is 2.19. The van der Waals surface area contributed by atoms with Gasteiger partial charge in [0.25, 0.3) is 0 Å². The van der Waals surface area contributed by atoms with Gasteiger partial charge < -0.3 is 10.5 Å². The summed E-state index contributed by atoms with van der Waals surface area (Å²) in [6.45, 7) is 7.18. The van der Waals surface area contributed by atoms with Crippen molar-refractivity contribution in [3.63, 3.8) is 0 Å². The largest absolute Gasteiger partial charge is 0.465 e. The lowest BCUT2D eigenvalue weighted by atomic mass is 10.2. The Balaban J connectivity index is 4.07.